The lowest BCUT2D eigenvalue weighted by atomic mass is 10.1. The van der Waals surface area contributed by atoms with Crippen molar-refractivity contribution in [2.24, 2.45) is 0 Å². The van der Waals surface area contributed by atoms with Crippen LogP contribution < -0.4 is 15.1 Å². The van der Waals surface area contributed by atoms with Crippen LogP contribution in [0.2, 0.25) is 0 Å². The predicted octanol–water partition coefficient (Wildman–Crippen LogP) is 1.33. The van der Waals surface area contributed by atoms with Crippen LogP contribution in [-0.2, 0) is 9.59 Å². The fourth-order valence-corrected chi connectivity index (χ4v) is 3.31. The number of aryl methyl sites for hydroxylation is 1. The van der Waals surface area contributed by atoms with Gasteiger partial charge in [0.25, 0.3) is 0 Å². The van der Waals surface area contributed by atoms with Gasteiger partial charge in [-0.25, -0.2) is 4.98 Å². The molecule has 1 saturated heterocycles. The topological polar surface area (TPSA) is 91.6 Å². The number of carbonyl (C=O) groups excluding carboxylic acids is 2. The first-order chi connectivity index (χ1) is 11.6. The molecule has 2 aliphatic rings. The molecule has 1 atom stereocenters. The van der Waals surface area contributed by atoms with Crippen molar-refractivity contribution >= 4 is 29.1 Å². The molecule has 1 fully saturated rings. The summed E-state index contributed by atoms with van der Waals surface area (Å²) in [6.07, 6.45) is 3.44. The summed E-state index contributed by atoms with van der Waals surface area (Å²) < 4.78 is 4.93. The number of carbonyl (C=O) groups is 2. The second-order valence-corrected chi connectivity index (χ2v) is 5.99. The van der Waals surface area contributed by atoms with E-state index in [0.29, 0.717) is 17.3 Å². The van der Waals surface area contributed by atoms with Crippen LogP contribution in [0.1, 0.15) is 18.6 Å². The van der Waals surface area contributed by atoms with Crippen LogP contribution in [0.3, 0.4) is 0 Å². The van der Waals surface area contributed by atoms with E-state index in [-0.39, 0.29) is 24.4 Å². The molecule has 0 aromatic carbocycles. The average Bonchev–Trinajstić information content (AvgIpc) is 3.21. The molecule has 4 rings (SSSR count). The third kappa shape index (κ3) is 2.40. The lowest BCUT2D eigenvalue weighted by molar-refractivity contribution is -0.122. The molecule has 2 amide bonds. The van der Waals surface area contributed by atoms with Crippen LogP contribution in [0.4, 0.5) is 17.3 Å². The zero-order chi connectivity index (χ0) is 16.7. The summed E-state index contributed by atoms with van der Waals surface area (Å²) in [6, 6.07) is 5.00. The van der Waals surface area contributed by atoms with Crippen LogP contribution >= 0.6 is 0 Å². The van der Waals surface area contributed by atoms with Crippen LogP contribution in [0.15, 0.2) is 28.9 Å². The van der Waals surface area contributed by atoms with Gasteiger partial charge in [-0.2, -0.15) is 0 Å². The maximum atomic E-state index is 12.8. The van der Waals surface area contributed by atoms with Gasteiger partial charge in [-0.1, -0.05) is 5.16 Å². The lowest BCUT2D eigenvalue weighted by Crippen LogP contribution is -2.53. The van der Waals surface area contributed by atoms with Crippen molar-refractivity contribution in [3.63, 3.8) is 0 Å². The van der Waals surface area contributed by atoms with E-state index in [1.807, 2.05) is 11.0 Å². The first-order valence-electron chi connectivity index (χ1n) is 7.90. The van der Waals surface area contributed by atoms with E-state index in [1.54, 1.807) is 25.3 Å². The zero-order valence-corrected chi connectivity index (χ0v) is 13.2. The van der Waals surface area contributed by atoms with Gasteiger partial charge < -0.3 is 14.7 Å². The Morgan fingerprint density at radius 1 is 1.50 bits per heavy atom. The first kappa shape index (κ1) is 14.7. The highest BCUT2D eigenvalue weighted by molar-refractivity contribution is 6.09. The standard InChI is InChI=1S/C16H17N5O3/c1-10-8-13(19-24-10)18-14(22)9-21-11-4-2-6-17-15(11)20-7-3-5-12(20)16(21)23/h2,4,6,8,12H,3,5,7,9H2,1H3,(H,18,19,22)/t12-/m0/s1. The van der Waals surface area contributed by atoms with Crippen molar-refractivity contribution in [2.45, 2.75) is 25.8 Å². The monoisotopic (exact) mass is 327 g/mol. The molecule has 8 heteroatoms. The van der Waals surface area contributed by atoms with Crippen molar-refractivity contribution < 1.29 is 14.1 Å². The van der Waals surface area contributed by atoms with Gasteiger partial charge in [-0.3, -0.25) is 14.5 Å². The number of hydrogen-bond donors (Lipinski definition) is 1. The van der Waals surface area contributed by atoms with Gasteiger partial charge in [0.1, 0.15) is 18.3 Å². The van der Waals surface area contributed by atoms with E-state index in [0.717, 1.165) is 25.2 Å². The minimum Gasteiger partial charge on any atom is -0.360 e. The molecular weight excluding hydrogens is 310 g/mol. The fraction of sp³-hybridized carbons (Fsp3) is 0.375. The second-order valence-electron chi connectivity index (χ2n) is 5.99. The van der Waals surface area contributed by atoms with Crippen molar-refractivity contribution in [1.82, 2.24) is 10.1 Å². The van der Waals surface area contributed by atoms with Crippen LogP contribution in [0.5, 0.6) is 0 Å². The van der Waals surface area contributed by atoms with E-state index in [9.17, 15) is 9.59 Å². The Morgan fingerprint density at radius 3 is 3.17 bits per heavy atom. The Labute approximate surface area is 138 Å². The zero-order valence-electron chi connectivity index (χ0n) is 13.2. The number of nitrogens with one attached hydrogen (secondary N) is 1. The second kappa shape index (κ2) is 5.63. The molecule has 124 valence electrons. The van der Waals surface area contributed by atoms with Gasteiger partial charge in [0.15, 0.2) is 11.6 Å². The van der Waals surface area contributed by atoms with Gasteiger partial charge in [0.05, 0.1) is 5.69 Å². The Balaban J connectivity index is 1.58. The van der Waals surface area contributed by atoms with Crippen LogP contribution in [0, 0.1) is 6.92 Å². The third-order valence-electron chi connectivity index (χ3n) is 4.33. The van der Waals surface area contributed by atoms with Crippen molar-refractivity contribution in [2.75, 3.05) is 28.2 Å². The van der Waals surface area contributed by atoms with Crippen molar-refractivity contribution in [1.29, 1.82) is 0 Å². The highest BCUT2D eigenvalue weighted by atomic mass is 16.5. The molecule has 0 saturated carbocycles. The molecule has 8 nitrogen and oxygen atoms in total. The molecule has 2 aromatic rings. The average molecular weight is 327 g/mol. The van der Waals surface area contributed by atoms with E-state index in [1.165, 1.54) is 4.90 Å². The number of hydrogen-bond acceptors (Lipinski definition) is 6. The number of amides is 2. The summed E-state index contributed by atoms with van der Waals surface area (Å²) in [5.74, 6) is 1.34. The first-order valence-corrected chi connectivity index (χ1v) is 7.90. The van der Waals surface area contributed by atoms with Crippen LogP contribution in [0.25, 0.3) is 0 Å². The largest absolute Gasteiger partial charge is 0.360 e. The molecule has 1 N–H and O–H groups in total. The molecule has 2 aromatic heterocycles. The van der Waals surface area contributed by atoms with E-state index in [2.05, 4.69) is 15.5 Å². The number of anilines is 3. The summed E-state index contributed by atoms with van der Waals surface area (Å²) in [7, 11) is 0. The Bertz CT molecular complexity index is 803. The van der Waals surface area contributed by atoms with Gasteiger partial charge in [-0.15, -0.1) is 0 Å². The van der Waals surface area contributed by atoms with Crippen molar-refractivity contribution in [3.05, 3.63) is 30.2 Å². The normalized spacial score (nSPS) is 19.2. The number of nitrogens with zero attached hydrogens (tertiary/aromatic N) is 4. The number of pyridine rings is 1. The fourth-order valence-electron chi connectivity index (χ4n) is 3.31. The smallest absolute Gasteiger partial charge is 0.250 e. The summed E-state index contributed by atoms with van der Waals surface area (Å²) in [4.78, 5) is 33.1. The molecule has 24 heavy (non-hydrogen) atoms. The number of rotatable bonds is 3. The third-order valence-corrected chi connectivity index (χ3v) is 4.33. The Hall–Kier alpha value is -2.90. The molecular formula is C16H17N5O3. The molecule has 4 heterocycles. The number of fused-ring (bicyclic) bond motifs is 3. The maximum Gasteiger partial charge on any atom is 0.250 e. The van der Waals surface area contributed by atoms with Gasteiger partial charge >= 0.3 is 0 Å². The summed E-state index contributed by atoms with van der Waals surface area (Å²) >= 11 is 0. The minimum atomic E-state index is -0.321. The molecule has 0 bridgehead atoms. The molecule has 0 radical (unpaired) electrons. The molecule has 0 aliphatic carbocycles. The maximum absolute atomic E-state index is 12.8. The summed E-state index contributed by atoms with van der Waals surface area (Å²) in [5, 5.41) is 6.38. The quantitative estimate of drug-likeness (QED) is 0.914. The Morgan fingerprint density at radius 2 is 2.38 bits per heavy atom. The predicted molar refractivity (Wildman–Crippen MR) is 86.8 cm³/mol. The molecule has 0 spiro atoms. The highest BCUT2D eigenvalue weighted by Crippen LogP contribution is 2.38. The Kier molecular flexibility index (Phi) is 3.44. The SMILES string of the molecule is Cc1cc(NC(=O)CN2C(=O)[C@@H]3CCCN3c3ncccc32)no1. The molecule has 2 aliphatic heterocycles. The highest BCUT2D eigenvalue weighted by Gasteiger charge is 2.42. The summed E-state index contributed by atoms with van der Waals surface area (Å²) in [5.41, 5.74) is 0.673. The van der Waals surface area contributed by atoms with E-state index >= 15 is 0 Å². The van der Waals surface area contributed by atoms with Gasteiger partial charge in [0, 0.05) is 18.8 Å². The van der Waals surface area contributed by atoms with Gasteiger partial charge in [-0.05, 0) is 31.9 Å². The minimum absolute atomic E-state index is 0.0560. The summed E-state index contributed by atoms with van der Waals surface area (Å²) in [6.45, 7) is 2.49. The van der Waals surface area contributed by atoms with E-state index in [4.69, 9.17) is 4.52 Å². The molecule has 0 unspecified atom stereocenters. The number of aromatic nitrogens is 2. The van der Waals surface area contributed by atoms with Crippen molar-refractivity contribution in [3.8, 4) is 0 Å². The van der Waals surface area contributed by atoms with Gasteiger partial charge in [0.2, 0.25) is 11.8 Å². The van der Waals surface area contributed by atoms with E-state index < -0.39 is 0 Å². The lowest BCUT2D eigenvalue weighted by Gasteiger charge is -2.38. The van der Waals surface area contributed by atoms with Crippen LogP contribution in [-0.4, -0.2) is 41.1 Å².